The highest BCUT2D eigenvalue weighted by Crippen LogP contribution is 2.42. The number of nitrogens with one attached hydrogen (secondary N) is 1. The Morgan fingerprint density at radius 1 is 1.21 bits per heavy atom. The molecule has 0 aromatic heterocycles. The van der Waals surface area contributed by atoms with Gasteiger partial charge in [-0.3, -0.25) is 14.9 Å². The van der Waals surface area contributed by atoms with Crippen molar-refractivity contribution in [3.63, 3.8) is 0 Å². The molecule has 7 nitrogen and oxygen atoms in total. The lowest BCUT2D eigenvalue weighted by Gasteiger charge is -2.44. The van der Waals surface area contributed by atoms with Gasteiger partial charge in [-0.1, -0.05) is 12.1 Å². The smallest absolute Gasteiger partial charge is 0.269 e. The fraction of sp³-hybridized carbons (Fsp3) is 0.235. The van der Waals surface area contributed by atoms with E-state index in [2.05, 4.69) is 10.2 Å². The molecule has 2 aromatic rings. The van der Waals surface area contributed by atoms with Crippen LogP contribution in [0.15, 0.2) is 42.5 Å². The van der Waals surface area contributed by atoms with Gasteiger partial charge < -0.3 is 16.0 Å². The summed E-state index contributed by atoms with van der Waals surface area (Å²) >= 11 is 0. The van der Waals surface area contributed by atoms with Crippen molar-refractivity contribution in [1.82, 2.24) is 5.32 Å². The number of nitrogens with two attached hydrogens (primary N) is 1. The van der Waals surface area contributed by atoms with Crippen LogP contribution in [0.5, 0.6) is 0 Å². The van der Waals surface area contributed by atoms with E-state index in [-0.39, 0.29) is 23.8 Å². The molecule has 0 unspecified atom stereocenters. The average molecular weight is 324 g/mol. The Morgan fingerprint density at radius 3 is 2.67 bits per heavy atom. The monoisotopic (exact) mass is 324 g/mol. The summed E-state index contributed by atoms with van der Waals surface area (Å²) < 4.78 is 0. The fourth-order valence-corrected chi connectivity index (χ4v) is 3.49. The molecule has 122 valence electrons. The SMILES string of the molecule is N[C@H]1CCN2c3c(cccc31)C(=O)N[C@H]2c1ccc([N+](=O)[O-])cc1. The second kappa shape index (κ2) is 5.31. The van der Waals surface area contributed by atoms with Gasteiger partial charge in [0.15, 0.2) is 0 Å². The van der Waals surface area contributed by atoms with Crippen LogP contribution in [-0.2, 0) is 0 Å². The van der Waals surface area contributed by atoms with Gasteiger partial charge in [-0.15, -0.1) is 0 Å². The lowest BCUT2D eigenvalue weighted by Crippen LogP contribution is -2.49. The maximum atomic E-state index is 12.5. The molecule has 0 spiro atoms. The van der Waals surface area contributed by atoms with Gasteiger partial charge in [-0.25, -0.2) is 0 Å². The predicted molar refractivity (Wildman–Crippen MR) is 88.6 cm³/mol. The molecular formula is C17H16N4O3. The first kappa shape index (κ1) is 14.6. The number of benzene rings is 2. The van der Waals surface area contributed by atoms with Crippen LogP contribution in [0.4, 0.5) is 11.4 Å². The Hall–Kier alpha value is -2.93. The zero-order chi connectivity index (χ0) is 16.8. The zero-order valence-corrected chi connectivity index (χ0v) is 12.8. The second-order valence-electron chi connectivity index (χ2n) is 6.06. The fourth-order valence-electron chi connectivity index (χ4n) is 3.49. The van der Waals surface area contributed by atoms with Crippen molar-refractivity contribution < 1.29 is 9.72 Å². The Bertz CT molecular complexity index is 834. The van der Waals surface area contributed by atoms with Gasteiger partial charge in [0.05, 0.1) is 16.2 Å². The van der Waals surface area contributed by atoms with Crippen LogP contribution < -0.4 is 16.0 Å². The molecule has 7 heteroatoms. The van der Waals surface area contributed by atoms with Crippen LogP contribution in [0.1, 0.15) is 40.1 Å². The van der Waals surface area contributed by atoms with Crippen LogP contribution in [0, 0.1) is 10.1 Å². The van der Waals surface area contributed by atoms with Crippen molar-refractivity contribution in [2.75, 3.05) is 11.4 Å². The average Bonchev–Trinajstić information content (AvgIpc) is 2.60. The molecule has 0 saturated carbocycles. The molecule has 4 rings (SSSR count). The summed E-state index contributed by atoms with van der Waals surface area (Å²) in [6.45, 7) is 0.715. The third-order valence-electron chi connectivity index (χ3n) is 4.68. The van der Waals surface area contributed by atoms with Gasteiger partial charge in [-0.05, 0) is 35.7 Å². The number of carbonyl (C=O) groups excluding carboxylic acids is 1. The number of hydrogen-bond donors (Lipinski definition) is 2. The lowest BCUT2D eigenvalue weighted by atomic mass is 9.90. The van der Waals surface area contributed by atoms with E-state index in [9.17, 15) is 14.9 Å². The number of non-ortho nitro benzene ring substituents is 1. The molecule has 0 fully saturated rings. The summed E-state index contributed by atoms with van der Waals surface area (Å²) in [5, 5.41) is 13.8. The number of para-hydroxylation sites is 1. The van der Waals surface area contributed by atoms with E-state index in [1.165, 1.54) is 12.1 Å². The quantitative estimate of drug-likeness (QED) is 0.651. The minimum atomic E-state index is -0.434. The summed E-state index contributed by atoms with van der Waals surface area (Å²) in [5.41, 5.74) is 9.52. The van der Waals surface area contributed by atoms with Crippen LogP contribution in [0.3, 0.4) is 0 Å². The molecule has 0 saturated heterocycles. The third-order valence-corrected chi connectivity index (χ3v) is 4.68. The van der Waals surface area contributed by atoms with Crippen molar-refractivity contribution in [1.29, 1.82) is 0 Å². The summed E-state index contributed by atoms with van der Waals surface area (Å²) in [6, 6.07) is 11.8. The van der Waals surface area contributed by atoms with E-state index in [0.29, 0.717) is 12.1 Å². The Labute approximate surface area is 138 Å². The first-order chi connectivity index (χ1) is 11.6. The van der Waals surface area contributed by atoms with Gasteiger partial charge in [0.25, 0.3) is 11.6 Å². The van der Waals surface area contributed by atoms with Gasteiger partial charge in [0.2, 0.25) is 0 Å². The molecule has 2 aliphatic rings. The van der Waals surface area contributed by atoms with Gasteiger partial charge in [0, 0.05) is 24.7 Å². The molecule has 2 atom stereocenters. The second-order valence-corrected chi connectivity index (χ2v) is 6.06. The molecule has 0 aliphatic carbocycles. The Balaban J connectivity index is 1.79. The molecule has 2 aliphatic heterocycles. The highest BCUT2D eigenvalue weighted by atomic mass is 16.6. The number of nitrogens with zero attached hydrogens (tertiary/aromatic N) is 2. The number of carbonyl (C=O) groups is 1. The minimum Gasteiger partial charge on any atom is -0.346 e. The van der Waals surface area contributed by atoms with Crippen LogP contribution in [0.2, 0.25) is 0 Å². The summed E-state index contributed by atoms with van der Waals surface area (Å²) in [7, 11) is 0. The predicted octanol–water partition coefficient (Wildman–Crippen LogP) is 2.25. The lowest BCUT2D eigenvalue weighted by molar-refractivity contribution is -0.384. The molecule has 2 heterocycles. The summed E-state index contributed by atoms with van der Waals surface area (Å²) in [6.07, 6.45) is 0.440. The number of amides is 1. The standard InChI is InChI=1S/C17H16N4O3/c18-14-8-9-20-15-12(14)2-1-3-13(15)17(22)19-16(20)10-4-6-11(7-5-10)21(23)24/h1-7,14,16H,8-9,18H2,(H,19,22)/t14-,16+/m0/s1. The first-order valence-electron chi connectivity index (χ1n) is 7.76. The van der Waals surface area contributed by atoms with Crippen molar-refractivity contribution in [3.05, 3.63) is 69.3 Å². The van der Waals surface area contributed by atoms with Crippen molar-refractivity contribution in [2.45, 2.75) is 18.6 Å². The van der Waals surface area contributed by atoms with Gasteiger partial charge in [0.1, 0.15) is 6.17 Å². The maximum absolute atomic E-state index is 12.5. The maximum Gasteiger partial charge on any atom is 0.269 e. The number of rotatable bonds is 2. The van der Waals surface area contributed by atoms with E-state index in [1.54, 1.807) is 18.2 Å². The summed E-state index contributed by atoms with van der Waals surface area (Å²) in [5.74, 6) is -0.152. The number of nitro groups is 1. The highest BCUT2D eigenvalue weighted by molar-refractivity contribution is 6.03. The van der Waals surface area contributed by atoms with Gasteiger partial charge in [-0.2, -0.15) is 0 Å². The molecule has 1 amide bonds. The van der Waals surface area contributed by atoms with Crippen molar-refractivity contribution in [2.24, 2.45) is 5.73 Å². The van der Waals surface area contributed by atoms with Crippen LogP contribution >= 0.6 is 0 Å². The largest absolute Gasteiger partial charge is 0.346 e. The molecule has 24 heavy (non-hydrogen) atoms. The van der Waals surface area contributed by atoms with E-state index in [0.717, 1.165) is 23.2 Å². The normalized spacial score (nSPS) is 21.9. The van der Waals surface area contributed by atoms with E-state index in [4.69, 9.17) is 5.73 Å². The van der Waals surface area contributed by atoms with Crippen LogP contribution in [-0.4, -0.2) is 17.4 Å². The Morgan fingerprint density at radius 2 is 1.96 bits per heavy atom. The molecule has 2 aromatic carbocycles. The first-order valence-corrected chi connectivity index (χ1v) is 7.76. The van der Waals surface area contributed by atoms with Gasteiger partial charge >= 0.3 is 0 Å². The minimum absolute atomic E-state index is 0.0302. The van der Waals surface area contributed by atoms with Crippen LogP contribution in [0.25, 0.3) is 0 Å². The number of hydrogen-bond acceptors (Lipinski definition) is 5. The Kier molecular flexibility index (Phi) is 3.24. The molecule has 0 radical (unpaired) electrons. The van der Waals surface area contributed by atoms with E-state index < -0.39 is 4.92 Å². The number of nitro benzene ring substituents is 1. The molecule has 0 bridgehead atoms. The highest BCUT2D eigenvalue weighted by Gasteiger charge is 2.37. The van der Waals surface area contributed by atoms with E-state index >= 15 is 0 Å². The van der Waals surface area contributed by atoms with Crippen molar-refractivity contribution in [3.8, 4) is 0 Å². The summed E-state index contributed by atoms with van der Waals surface area (Å²) in [4.78, 5) is 25.0. The van der Waals surface area contributed by atoms with Crippen molar-refractivity contribution >= 4 is 17.3 Å². The van der Waals surface area contributed by atoms with E-state index in [1.807, 2.05) is 12.1 Å². The zero-order valence-electron chi connectivity index (χ0n) is 12.8. The molecule has 3 N–H and O–H groups in total. The topological polar surface area (TPSA) is 102 Å². The number of anilines is 1. The third kappa shape index (κ3) is 2.13. The molecular weight excluding hydrogens is 308 g/mol.